The van der Waals surface area contributed by atoms with Gasteiger partial charge < -0.3 is 10.6 Å². The van der Waals surface area contributed by atoms with E-state index >= 15 is 0 Å². The zero-order valence-corrected chi connectivity index (χ0v) is 22.2. The van der Waals surface area contributed by atoms with Crippen molar-refractivity contribution in [1.82, 2.24) is 20.6 Å². The van der Waals surface area contributed by atoms with Gasteiger partial charge in [-0.25, -0.2) is 4.98 Å². The van der Waals surface area contributed by atoms with E-state index in [4.69, 9.17) is 0 Å². The summed E-state index contributed by atoms with van der Waals surface area (Å²) in [5.41, 5.74) is 1.06. The van der Waals surface area contributed by atoms with Crippen molar-refractivity contribution >= 4 is 45.2 Å². The highest BCUT2D eigenvalue weighted by Crippen LogP contribution is 2.29. The largest absolute Gasteiger partial charge is 0.356 e. The maximum Gasteiger partial charge on any atom is 0.220 e. The number of unbranched alkanes of at least 4 members (excludes halogenated alkanes) is 5. The van der Waals surface area contributed by atoms with Gasteiger partial charge in [0.2, 0.25) is 11.8 Å². The molecule has 0 aromatic carbocycles. The molecule has 9 heteroatoms. The van der Waals surface area contributed by atoms with Crippen LogP contribution in [-0.4, -0.2) is 46.4 Å². The van der Waals surface area contributed by atoms with Crippen molar-refractivity contribution in [3.63, 3.8) is 0 Å². The smallest absolute Gasteiger partial charge is 0.220 e. The first-order valence-electron chi connectivity index (χ1n) is 12.0. The highest BCUT2D eigenvalue weighted by atomic mass is 33.1. The lowest BCUT2D eigenvalue weighted by Crippen LogP contribution is -2.24. The lowest BCUT2D eigenvalue weighted by Gasteiger charge is -2.06. The van der Waals surface area contributed by atoms with E-state index in [0.717, 1.165) is 66.8 Å². The van der Waals surface area contributed by atoms with Crippen LogP contribution in [0.5, 0.6) is 0 Å². The first kappa shape index (κ1) is 28.5. The molecular formula is C25H36N4O2S3. The zero-order chi connectivity index (χ0) is 24.1. The fourth-order valence-corrected chi connectivity index (χ4v) is 5.77. The lowest BCUT2D eigenvalue weighted by molar-refractivity contribution is -0.121. The van der Waals surface area contributed by atoms with Crippen LogP contribution in [0.2, 0.25) is 0 Å². The Morgan fingerprint density at radius 2 is 1.35 bits per heavy atom. The Hall–Kier alpha value is -1.71. The summed E-state index contributed by atoms with van der Waals surface area (Å²) in [6.07, 6.45) is 11.3. The molecule has 2 aromatic heterocycles. The first-order chi connectivity index (χ1) is 16.7. The van der Waals surface area contributed by atoms with Gasteiger partial charge in [-0.05, 0) is 47.9 Å². The van der Waals surface area contributed by atoms with Crippen LogP contribution in [0.15, 0.2) is 53.8 Å². The molecule has 34 heavy (non-hydrogen) atoms. The Labute approximate surface area is 216 Å². The van der Waals surface area contributed by atoms with E-state index in [2.05, 4.69) is 20.6 Å². The third kappa shape index (κ3) is 15.2. The van der Waals surface area contributed by atoms with Crippen molar-refractivity contribution in [3.8, 4) is 0 Å². The van der Waals surface area contributed by atoms with Gasteiger partial charge in [0, 0.05) is 55.6 Å². The highest BCUT2D eigenvalue weighted by molar-refractivity contribution is 8.76. The molecule has 2 heterocycles. The average molecular weight is 521 g/mol. The van der Waals surface area contributed by atoms with Crippen LogP contribution in [0.4, 0.5) is 0 Å². The van der Waals surface area contributed by atoms with E-state index in [0.29, 0.717) is 12.8 Å². The maximum absolute atomic E-state index is 11.9. The number of hydrogen-bond donors (Lipinski definition) is 2. The Balaban J connectivity index is 1.29. The molecule has 0 saturated carbocycles. The molecule has 0 aliphatic heterocycles. The van der Waals surface area contributed by atoms with E-state index in [1.165, 1.54) is 12.8 Å². The summed E-state index contributed by atoms with van der Waals surface area (Å²) in [4.78, 5) is 32.3. The Kier molecular flexibility index (Phi) is 16.4. The third-order valence-corrected chi connectivity index (χ3v) is 8.15. The van der Waals surface area contributed by atoms with Gasteiger partial charge in [0.1, 0.15) is 5.03 Å². The summed E-state index contributed by atoms with van der Waals surface area (Å²) in [6.45, 7) is 1.52. The summed E-state index contributed by atoms with van der Waals surface area (Å²) in [6, 6.07) is 11.7. The van der Waals surface area contributed by atoms with Gasteiger partial charge in [0.25, 0.3) is 0 Å². The van der Waals surface area contributed by atoms with Crippen LogP contribution in [-0.2, 0) is 15.3 Å². The van der Waals surface area contributed by atoms with Crippen LogP contribution in [0.25, 0.3) is 0 Å². The van der Waals surface area contributed by atoms with Gasteiger partial charge in [-0.2, -0.15) is 11.8 Å². The second-order valence-electron chi connectivity index (χ2n) is 7.77. The van der Waals surface area contributed by atoms with Crippen molar-refractivity contribution in [2.24, 2.45) is 0 Å². The first-order valence-corrected chi connectivity index (χ1v) is 15.4. The predicted octanol–water partition coefficient (Wildman–Crippen LogP) is 5.50. The molecule has 0 aliphatic carbocycles. The molecule has 0 saturated heterocycles. The molecule has 0 fully saturated rings. The number of nitrogens with one attached hydrogen (secondary N) is 2. The minimum absolute atomic E-state index is 0.125. The minimum Gasteiger partial charge on any atom is -0.356 e. The van der Waals surface area contributed by atoms with Crippen molar-refractivity contribution in [2.75, 3.05) is 24.6 Å². The van der Waals surface area contributed by atoms with Gasteiger partial charge in [-0.15, -0.1) is 0 Å². The van der Waals surface area contributed by atoms with E-state index in [-0.39, 0.29) is 11.8 Å². The molecular weight excluding hydrogens is 485 g/mol. The van der Waals surface area contributed by atoms with Gasteiger partial charge in [0.15, 0.2) is 0 Å². The highest BCUT2D eigenvalue weighted by Gasteiger charge is 2.03. The molecule has 2 amide bonds. The number of pyridine rings is 2. The molecule has 0 atom stereocenters. The van der Waals surface area contributed by atoms with E-state index in [9.17, 15) is 9.59 Å². The van der Waals surface area contributed by atoms with Crippen LogP contribution in [0, 0.1) is 0 Å². The lowest BCUT2D eigenvalue weighted by atomic mass is 10.1. The molecule has 2 aromatic rings. The molecule has 2 N–H and O–H groups in total. The normalized spacial score (nSPS) is 10.7. The zero-order valence-electron chi connectivity index (χ0n) is 19.7. The van der Waals surface area contributed by atoms with E-state index < -0.39 is 0 Å². The quantitative estimate of drug-likeness (QED) is 0.187. The van der Waals surface area contributed by atoms with E-state index in [1.54, 1.807) is 45.7 Å². The van der Waals surface area contributed by atoms with Crippen LogP contribution >= 0.6 is 33.3 Å². The standard InChI is InChI=1S/C25H36N4O2S3/c30-23(13-19-32-21-22-11-5-9-15-26-22)27-16-7-3-1-2-4-8-17-28-24(31)14-20-33-34-25-12-6-10-18-29-25/h5-6,9-12,15,18H,1-4,7-8,13-14,16-17,19-21H2,(H,27,30)(H,28,31). The second kappa shape index (κ2) is 19.6. The number of carbonyl (C=O) groups excluding carboxylic acids is 2. The third-order valence-electron chi connectivity index (χ3n) is 4.89. The number of carbonyl (C=O) groups is 2. The van der Waals surface area contributed by atoms with Crippen LogP contribution in [0.3, 0.4) is 0 Å². The fourth-order valence-electron chi connectivity index (χ4n) is 3.05. The van der Waals surface area contributed by atoms with Crippen LogP contribution in [0.1, 0.15) is 57.1 Å². The summed E-state index contributed by atoms with van der Waals surface area (Å²) < 4.78 is 0. The number of aromatic nitrogens is 2. The number of amides is 2. The molecule has 0 unspecified atom stereocenters. The van der Waals surface area contributed by atoms with Gasteiger partial charge in [-0.1, -0.05) is 48.6 Å². The van der Waals surface area contributed by atoms with Crippen molar-refractivity contribution in [2.45, 2.75) is 62.1 Å². The number of hydrogen-bond acceptors (Lipinski definition) is 7. The van der Waals surface area contributed by atoms with Crippen molar-refractivity contribution in [1.29, 1.82) is 0 Å². The molecule has 6 nitrogen and oxygen atoms in total. The summed E-state index contributed by atoms with van der Waals surface area (Å²) in [5, 5.41) is 6.99. The minimum atomic E-state index is 0.125. The Morgan fingerprint density at radius 3 is 1.97 bits per heavy atom. The predicted molar refractivity (Wildman–Crippen MR) is 146 cm³/mol. The summed E-state index contributed by atoms with van der Waals surface area (Å²) in [7, 11) is 3.27. The van der Waals surface area contributed by atoms with Gasteiger partial charge in [-0.3, -0.25) is 14.6 Å². The Bertz CT molecular complexity index is 730. The topological polar surface area (TPSA) is 84.0 Å². The number of rotatable bonds is 19. The average Bonchev–Trinajstić information content (AvgIpc) is 2.87. The molecule has 0 spiro atoms. The monoisotopic (exact) mass is 520 g/mol. The summed E-state index contributed by atoms with van der Waals surface area (Å²) >= 11 is 1.74. The number of nitrogens with zero attached hydrogens (tertiary/aromatic N) is 2. The number of thioether (sulfide) groups is 1. The maximum atomic E-state index is 11.9. The van der Waals surface area contributed by atoms with Gasteiger partial charge in [0.05, 0.1) is 5.69 Å². The fraction of sp³-hybridized carbons (Fsp3) is 0.520. The molecule has 0 radical (unpaired) electrons. The van der Waals surface area contributed by atoms with E-state index in [1.807, 2.05) is 36.4 Å². The van der Waals surface area contributed by atoms with Crippen molar-refractivity contribution in [3.05, 3.63) is 54.5 Å². The van der Waals surface area contributed by atoms with Crippen molar-refractivity contribution < 1.29 is 9.59 Å². The molecule has 0 bridgehead atoms. The Morgan fingerprint density at radius 1 is 0.735 bits per heavy atom. The second-order valence-corrected chi connectivity index (χ2v) is 11.3. The molecule has 0 aliphatic rings. The summed E-state index contributed by atoms with van der Waals surface area (Å²) in [5.74, 6) is 2.72. The molecule has 2 rings (SSSR count). The molecule has 186 valence electrons. The van der Waals surface area contributed by atoms with Crippen LogP contribution < -0.4 is 10.6 Å². The van der Waals surface area contributed by atoms with Gasteiger partial charge >= 0.3 is 0 Å². The SMILES string of the molecule is O=C(CCSCc1ccccn1)NCCCCCCCCNC(=O)CCSSc1ccccn1.